The second kappa shape index (κ2) is 5.12. The topological polar surface area (TPSA) is 55.1 Å². The second-order valence-corrected chi connectivity index (χ2v) is 7.03. The van der Waals surface area contributed by atoms with Crippen molar-refractivity contribution in [1.29, 1.82) is 0 Å². The summed E-state index contributed by atoms with van der Waals surface area (Å²) in [5, 5.41) is 3.15. The van der Waals surface area contributed by atoms with Crippen LogP contribution in [-0.4, -0.2) is 12.5 Å². The van der Waals surface area contributed by atoms with Gasteiger partial charge < -0.3 is 11.1 Å². The number of nitrogens with one attached hydrogen (secondary N) is 1. The summed E-state index contributed by atoms with van der Waals surface area (Å²) < 4.78 is 0. The molecule has 1 aromatic carbocycles. The van der Waals surface area contributed by atoms with E-state index < -0.39 is 0 Å². The van der Waals surface area contributed by atoms with Gasteiger partial charge >= 0.3 is 0 Å². The van der Waals surface area contributed by atoms with Crippen LogP contribution in [0.15, 0.2) is 24.3 Å². The van der Waals surface area contributed by atoms with E-state index in [1.54, 1.807) is 0 Å². The van der Waals surface area contributed by atoms with Crippen LogP contribution < -0.4 is 11.1 Å². The molecule has 0 aliphatic heterocycles. The number of carbonyl (C=O) groups excluding carboxylic acids is 1. The van der Waals surface area contributed by atoms with Crippen molar-refractivity contribution in [2.45, 2.75) is 46.0 Å². The third kappa shape index (κ3) is 2.82. The van der Waals surface area contributed by atoms with E-state index >= 15 is 0 Å². The normalized spacial score (nSPS) is 17.1. The van der Waals surface area contributed by atoms with Gasteiger partial charge in [-0.05, 0) is 41.9 Å². The van der Waals surface area contributed by atoms with Crippen LogP contribution in [0.25, 0.3) is 0 Å². The molecule has 2 rings (SSSR count). The largest absolute Gasteiger partial charge is 0.399 e. The van der Waals surface area contributed by atoms with E-state index in [2.05, 4.69) is 33.0 Å². The average molecular weight is 274 g/mol. The van der Waals surface area contributed by atoms with Crippen molar-refractivity contribution in [2.24, 2.45) is 11.3 Å². The summed E-state index contributed by atoms with van der Waals surface area (Å²) in [5.74, 6) is 0.700. The Hall–Kier alpha value is -1.51. The van der Waals surface area contributed by atoms with Gasteiger partial charge in [-0.3, -0.25) is 4.79 Å². The first-order valence-corrected chi connectivity index (χ1v) is 7.42. The molecule has 0 unspecified atom stereocenters. The number of rotatable bonds is 5. The lowest BCUT2D eigenvalue weighted by Crippen LogP contribution is -2.41. The van der Waals surface area contributed by atoms with E-state index in [0.29, 0.717) is 5.92 Å². The summed E-state index contributed by atoms with van der Waals surface area (Å²) in [6.45, 7) is 9.50. The van der Waals surface area contributed by atoms with Gasteiger partial charge in [0.15, 0.2) is 0 Å². The van der Waals surface area contributed by atoms with Gasteiger partial charge in [-0.25, -0.2) is 0 Å². The maximum atomic E-state index is 12.5. The van der Waals surface area contributed by atoms with Crippen LogP contribution in [0.3, 0.4) is 0 Å². The number of nitrogen functional groups attached to an aromatic ring is 1. The zero-order valence-electron chi connectivity index (χ0n) is 13.0. The highest BCUT2D eigenvalue weighted by Crippen LogP contribution is 2.48. The van der Waals surface area contributed by atoms with Crippen LogP contribution in [0.1, 0.15) is 46.1 Å². The summed E-state index contributed by atoms with van der Waals surface area (Å²) in [5.41, 5.74) is 7.36. The molecule has 1 aromatic rings. The van der Waals surface area contributed by atoms with E-state index in [1.807, 2.05) is 24.3 Å². The fraction of sp³-hybridized carbons (Fsp3) is 0.588. The Morgan fingerprint density at radius 1 is 1.30 bits per heavy atom. The second-order valence-electron chi connectivity index (χ2n) is 7.03. The summed E-state index contributed by atoms with van der Waals surface area (Å²) in [6.07, 6.45) is 1.87. The fourth-order valence-corrected chi connectivity index (χ4v) is 2.26. The van der Waals surface area contributed by atoms with E-state index in [0.717, 1.165) is 30.6 Å². The maximum absolute atomic E-state index is 12.5. The van der Waals surface area contributed by atoms with Crippen LogP contribution in [0.4, 0.5) is 5.69 Å². The standard InChI is InChI=1S/C17H26N2O/c1-12(2)16(3,4)11-19-15(20)17(9-10-17)13-5-7-14(18)8-6-13/h5-8,12H,9-11,18H2,1-4H3,(H,19,20). The minimum Gasteiger partial charge on any atom is -0.399 e. The highest BCUT2D eigenvalue weighted by molar-refractivity contribution is 5.91. The van der Waals surface area contributed by atoms with Crippen molar-refractivity contribution in [3.63, 3.8) is 0 Å². The molecule has 110 valence electrons. The number of carbonyl (C=O) groups is 1. The average Bonchev–Trinajstić information content (AvgIpc) is 3.18. The van der Waals surface area contributed by atoms with Gasteiger partial charge in [-0.2, -0.15) is 0 Å². The molecule has 1 fully saturated rings. The monoisotopic (exact) mass is 274 g/mol. The molecule has 3 heteroatoms. The quantitative estimate of drug-likeness (QED) is 0.811. The van der Waals surface area contributed by atoms with Crippen molar-refractivity contribution < 1.29 is 4.79 Å². The fourth-order valence-electron chi connectivity index (χ4n) is 2.26. The van der Waals surface area contributed by atoms with Crippen molar-refractivity contribution in [3.8, 4) is 0 Å². The van der Waals surface area contributed by atoms with Crippen LogP contribution in [0, 0.1) is 11.3 Å². The highest BCUT2D eigenvalue weighted by atomic mass is 16.2. The number of anilines is 1. The zero-order chi connectivity index (χ0) is 15.0. The Morgan fingerprint density at radius 3 is 2.30 bits per heavy atom. The molecule has 1 saturated carbocycles. The first-order valence-electron chi connectivity index (χ1n) is 7.42. The van der Waals surface area contributed by atoms with Crippen LogP contribution in [-0.2, 0) is 10.2 Å². The number of amides is 1. The molecule has 0 saturated heterocycles. The molecule has 3 N–H and O–H groups in total. The van der Waals surface area contributed by atoms with E-state index in [4.69, 9.17) is 5.73 Å². The van der Waals surface area contributed by atoms with Gasteiger partial charge in [0.05, 0.1) is 5.41 Å². The molecule has 1 aliphatic carbocycles. The first-order chi connectivity index (χ1) is 9.28. The number of hydrogen-bond acceptors (Lipinski definition) is 2. The van der Waals surface area contributed by atoms with Gasteiger partial charge in [0, 0.05) is 12.2 Å². The lowest BCUT2D eigenvalue weighted by atomic mass is 9.81. The lowest BCUT2D eigenvalue weighted by Gasteiger charge is -2.30. The van der Waals surface area contributed by atoms with Crippen LogP contribution >= 0.6 is 0 Å². The molecule has 0 aromatic heterocycles. The molecular weight excluding hydrogens is 248 g/mol. The van der Waals surface area contributed by atoms with Crippen molar-refractivity contribution in [3.05, 3.63) is 29.8 Å². The zero-order valence-corrected chi connectivity index (χ0v) is 13.0. The van der Waals surface area contributed by atoms with Crippen molar-refractivity contribution in [1.82, 2.24) is 5.32 Å². The predicted molar refractivity (Wildman–Crippen MR) is 83.4 cm³/mol. The molecule has 0 spiro atoms. The van der Waals surface area contributed by atoms with Crippen molar-refractivity contribution >= 4 is 11.6 Å². The summed E-state index contributed by atoms with van der Waals surface area (Å²) in [7, 11) is 0. The van der Waals surface area contributed by atoms with Gasteiger partial charge in [-0.1, -0.05) is 39.8 Å². The Kier molecular flexibility index (Phi) is 3.81. The molecule has 0 heterocycles. The number of benzene rings is 1. The van der Waals surface area contributed by atoms with Crippen LogP contribution in [0.5, 0.6) is 0 Å². The van der Waals surface area contributed by atoms with Gasteiger partial charge in [-0.15, -0.1) is 0 Å². The summed E-state index contributed by atoms with van der Waals surface area (Å²) in [4.78, 5) is 12.5. The van der Waals surface area contributed by atoms with E-state index in [-0.39, 0.29) is 16.7 Å². The highest BCUT2D eigenvalue weighted by Gasteiger charge is 2.51. The third-order valence-corrected chi connectivity index (χ3v) is 4.92. The minimum absolute atomic E-state index is 0.118. The lowest BCUT2D eigenvalue weighted by molar-refractivity contribution is -0.124. The van der Waals surface area contributed by atoms with Crippen molar-refractivity contribution in [2.75, 3.05) is 12.3 Å². The first kappa shape index (κ1) is 14.9. The van der Waals surface area contributed by atoms with Crippen LogP contribution in [0.2, 0.25) is 0 Å². The molecule has 1 aliphatic rings. The Balaban J connectivity index is 2.04. The van der Waals surface area contributed by atoms with E-state index in [1.165, 1.54) is 0 Å². The van der Waals surface area contributed by atoms with E-state index in [9.17, 15) is 4.79 Å². The van der Waals surface area contributed by atoms with Gasteiger partial charge in [0.1, 0.15) is 0 Å². The predicted octanol–water partition coefficient (Wildman–Crippen LogP) is 3.10. The van der Waals surface area contributed by atoms with Gasteiger partial charge in [0.25, 0.3) is 0 Å². The molecule has 0 atom stereocenters. The smallest absolute Gasteiger partial charge is 0.230 e. The third-order valence-electron chi connectivity index (χ3n) is 4.92. The Labute approximate surface area is 121 Å². The summed E-state index contributed by atoms with van der Waals surface area (Å²) in [6, 6.07) is 7.71. The molecular formula is C17H26N2O. The van der Waals surface area contributed by atoms with Gasteiger partial charge in [0.2, 0.25) is 5.91 Å². The number of hydrogen-bond donors (Lipinski definition) is 2. The Morgan fingerprint density at radius 2 is 1.85 bits per heavy atom. The SMILES string of the molecule is CC(C)C(C)(C)CNC(=O)C1(c2ccc(N)cc2)CC1. The molecule has 20 heavy (non-hydrogen) atoms. The summed E-state index contributed by atoms with van der Waals surface area (Å²) >= 11 is 0. The minimum atomic E-state index is -0.305. The molecule has 0 bridgehead atoms. The maximum Gasteiger partial charge on any atom is 0.230 e. The number of nitrogens with two attached hydrogens (primary N) is 1. The molecule has 1 amide bonds. The molecule has 0 radical (unpaired) electrons. The Bertz CT molecular complexity index is 484. The molecule has 3 nitrogen and oxygen atoms in total.